The van der Waals surface area contributed by atoms with Crippen molar-refractivity contribution < 1.29 is 19.1 Å². The smallest absolute Gasteiger partial charge is 0.310 e. The number of carbonyl (C=O) groups excluding carboxylic acids is 2. The van der Waals surface area contributed by atoms with Crippen molar-refractivity contribution >= 4 is 52.1 Å². The highest BCUT2D eigenvalue weighted by Crippen LogP contribution is 2.37. The van der Waals surface area contributed by atoms with Crippen molar-refractivity contribution in [2.45, 2.75) is 46.6 Å². The third-order valence-electron chi connectivity index (χ3n) is 6.38. The molecular formula is C25H32N4O5S2. The Labute approximate surface area is 221 Å². The monoisotopic (exact) mass is 532 g/mol. The molecule has 0 N–H and O–H groups in total. The molecule has 2 aliphatic rings. The minimum absolute atomic E-state index is 0.0429. The van der Waals surface area contributed by atoms with E-state index in [2.05, 4.69) is 0 Å². The third kappa shape index (κ3) is 5.66. The Morgan fingerprint density at radius 1 is 1.33 bits per heavy atom. The Morgan fingerprint density at radius 2 is 2.08 bits per heavy atom. The van der Waals surface area contributed by atoms with Gasteiger partial charge < -0.3 is 14.4 Å². The number of aromatic nitrogens is 1. The van der Waals surface area contributed by atoms with Crippen LogP contribution in [0, 0.1) is 24.2 Å². The zero-order chi connectivity index (χ0) is 26.4. The van der Waals surface area contributed by atoms with Crippen molar-refractivity contribution in [1.29, 1.82) is 5.26 Å². The molecule has 0 radical (unpaired) electrons. The van der Waals surface area contributed by atoms with Gasteiger partial charge in [0.25, 0.3) is 11.5 Å². The Kier molecular flexibility index (Phi) is 9.70. The van der Waals surface area contributed by atoms with Crippen molar-refractivity contribution in [3.8, 4) is 6.07 Å². The Hall–Kier alpha value is -2.68. The second-order valence-corrected chi connectivity index (χ2v) is 10.3. The number of amides is 1. The molecule has 0 bridgehead atoms. The average molecular weight is 533 g/mol. The Balaban J connectivity index is 2.11. The molecule has 1 aromatic heterocycles. The summed E-state index contributed by atoms with van der Waals surface area (Å²) < 4.78 is 12.4. The standard InChI is InChI=1S/C25H32N4O5S2/c1-5-28-21(27-10-7-9-17(15-27)24(32)34-6-2)18(16(3)19(14-26)22(28)30)13-20-23(31)29(25(35)36-20)11-8-12-33-4/h13,17H,5-12,15H2,1-4H3/b20-13-. The van der Waals surface area contributed by atoms with E-state index in [9.17, 15) is 19.6 Å². The number of piperidine rings is 1. The summed E-state index contributed by atoms with van der Waals surface area (Å²) in [6.07, 6.45) is 3.85. The molecule has 0 spiro atoms. The van der Waals surface area contributed by atoms with Gasteiger partial charge in [0.1, 0.15) is 21.8 Å². The number of pyridine rings is 1. The summed E-state index contributed by atoms with van der Waals surface area (Å²) in [5.74, 6) is -0.168. The van der Waals surface area contributed by atoms with Crippen LogP contribution < -0.4 is 10.5 Å². The lowest BCUT2D eigenvalue weighted by Gasteiger charge is -2.36. The van der Waals surface area contributed by atoms with Crippen molar-refractivity contribution in [1.82, 2.24) is 9.47 Å². The molecule has 36 heavy (non-hydrogen) atoms. The van der Waals surface area contributed by atoms with Crippen LogP contribution in [0.4, 0.5) is 5.82 Å². The van der Waals surface area contributed by atoms with Crippen LogP contribution in [0.15, 0.2) is 9.70 Å². The van der Waals surface area contributed by atoms with Gasteiger partial charge in [-0.3, -0.25) is 23.9 Å². The fraction of sp³-hybridized carbons (Fsp3) is 0.560. The summed E-state index contributed by atoms with van der Waals surface area (Å²) in [6, 6.07) is 2.04. The molecule has 0 aliphatic carbocycles. The zero-order valence-corrected chi connectivity index (χ0v) is 22.8. The van der Waals surface area contributed by atoms with E-state index < -0.39 is 0 Å². The molecule has 3 rings (SSSR count). The number of hydrogen-bond acceptors (Lipinski definition) is 9. The highest BCUT2D eigenvalue weighted by molar-refractivity contribution is 8.26. The highest BCUT2D eigenvalue weighted by Gasteiger charge is 2.34. The number of thiocarbonyl (C=S) groups is 1. The molecule has 2 saturated heterocycles. The number of thioether (sulfide) groups is 1. The van der Waals surface area contributed by atoms with Gasteiger partial charge in [0, 0.05) is 45.5 Å². The average Bonchev–Trinajstić information content (AvgIpc) is 3.13. The summed E-state index contributed by atoms with van der Waals surface area (Å²) in [6.45, 7) is 7.98. The van der Waals surface area contributed by atoms with Crippen molar-refractivity contribution in [3.05, 3.63) is 31.9 Å². The maximum atomic E-state index is 13.2. The predicted octanol–water partition coefficient (Wildman–Crippen LogP) is 3.07. The van der Waals surface area contributed by atoms with Crippen molar-refractivity contribution in [3.63, 3.8) is 0 Å². The molecule has 1 atom stereocenters. The summed E-state index contributed by atoms with van der Waals surface area (Å²) in [4.78, 5) is 42.9. The Bertz CT molecular complexity index is 1170. The number of rotatable bonds is 9. The van der Waals surface area contributed by atoms with E-state index in [1.54, 1.807) is 36.5 Å². The first-order valence-electron chi connectivity index (χ1n) is 12.1. The van der Waals surface area contributed by atoms with Gasteiger partial charge in [-0.25, -0.2) is 0 Å². The number of ether oxygens (including phenoxy) is 2. The summed E-state index contributed by atoms with van der Waals surface area (Å²) >= 11 is 6.66. The fourth-order valence-electron chi connectivity index (χ4n) is 4.59. The number of nitriles is 1. The number of carbonyl (C=O) groups is 2. The largest absolute Gasteiger partial charge is 0.466 e. The highest BCUT2D eigenvalue weighted by atomic mass is 32.2. The van der Waals surface area contributed by atoms with Crippen LogP contribution in [0.25, 0.3) is 6.08 Å². The maximum absolute atomic E-state index is 13.2. The van der Waals surface area contributed by atoms with Crippen LogP contribution in [-0.2, 0) is 25.6 Å². The van der Waals surface area contributed by atoms with Gasteiger partial charge >= 0.3 is 5.97 Å². The molecule has 9 nitrogen and oxygen atoms in total. The molecule has 1 aromatic rings. The van der Waals surface area contributed by atoms with E-state index in [1.807, 2.05) is 17.9 Å². The minimum Gasteiger partial charge on any atom is -0.466 e. The van der Waals surface area contributed by atoms with E-state index in [0.29, 0.717) is 78.4 Å². The maximum Gasteiger partial charge on any atom is 0.310 e. The fourth-order valence-corrected chi connectivity index (χ4v) is 5.88. The van der Waals surface area contributed by atoms with Gasteiger partial charge in [-0.1, -0.05) is 24.0 Å². The topological polar surface area (TPSA) is 105 Å². The quantitative estimate of drug-likeness (QED) is 0.205. The van der Waals surface area contributed by atoms with Gasteiger partial charge in [0.2, 0.25) is 0 Å². The minimum atomic E-state index is -0.380. The number of hydrogen-bond donors (Lipinski definition) is 0. The second-order valence-electron chi connectivity index (χ2n) is 8.62. The van der Waals surface area contributed by atoms with Crippen LogP contribution in [0.5, 0.6) is 0 Å². The van der Waals surface area contributed by atoms with Crippen molar-refractivity contribution in [2.75, 3.05) is 44.9 Å². The molecule has 0 aromatic carbocycles. The van der Waals surface area contributed by atoms with Gasteiger partial charge in [-0.2, -0.15) is 5.26 Å². The van der Waals surface area contributed by atoms with Crippen LogP contribution >= 0.6 is 24.0 Å². The Morgan fingerprint density at radius 3 is 2.72 bits per heavy atom. The first kappa shape index (κ1) is 27.9. The van der Waals surface area contributed by atoms with Crippen LogP contribution in [-0.4, -0.2) is 65.6 Å². The van der Waals surface area contributed by atoms with Crippen molar-refractivity contribution in [2.24, 2.45) is 5.92 Å². The van der Waals surface area contributed by atoms with Gasteiger partial charge in [0.15, 0.2) is 0 Å². The number of methoxy groups -OCH3 is 1. The lowest BCUT2D eigenvalue weighted by Crippen LogP contribution is -2.43. The number of nitrogens with zero attached hydrogens (tertiary/aromatic N) is 4. The summed E-state index contributed by atoms with van der Waals surface area (Å²) in [5.41, 5.74) is 0.788. The van der Waals surface area contributed by atoms with Crippen LogP contribution in [0.1, 0.15) is 49.8 Å². The zero-order valence-electron chi connectivity index (χ0n) is 21.2. The number of anilines is 1. The molecule has 11 heteroatoms. The van der Waals surface area contributed by atoms with E-state index >= 15 is 0 Å². The molecular weight excluding hydrogens is 500 g/mol. The first-order chi connectivity index (χ1) is 17.3. The van der Waals surface area contributed by atoms with Gasteiger partial charge in [0.05, 0.1) is 17.4 Å². The van der Waals surface area contributed by atoms with Gasteiger partial charge in [-0.15, -0.1) is 0 Å². The SMILES string of the molecule is CCOC(=O)C1CCCN(c2c(/C=C3\SC(=S)N(CCCOC)C3=O)c(C)c(C#N)c(=O)n2CC)C1. The molecule has 2 fully saturated rings. The number of esters is 1. The van der Waals surface area contributed by atoms with E-state index in [-0.39, 0.29) is 28.9 Å². The lowest BCUT2D eigenvalue weighted by molar-refractivity contribution is -0.148. The predicted molar refractivity (Wildman–Crippen MR) is 144 cm³/mol. The van der Waals surface area contributed by atoms with Gasteiger partial charge in [-0.05, 0) is 51.7 Å². The van der Waals surface area contributed by atoms with Crippen LogP contribution in [0.2, 0.25) is 0 Å². The summed E-state index contributed by atoms with van der Waals surface area (Å²) in [5, 5.41) is 9.76. The second kappa shape index (κ2) is 12.5. The van der Waals surface area contributed by atoms with Crippen LogP contribution in [0.3, 0.4) is 0 Å². The third-order valence-corrected chi connectivity index (χ3v) is 7.76. The molecule has 0 saturated carbocycles. The van der Waals surface area contributed by atoms with E-state index in [0.717, 1.165) is 6.42 Å². The lowest BCUT2D eigenvalue weighted by atomic mass is 9.96. The molecule has 3 heterocycles. The summed E-state index contributed by atoms with van der Waals surface area (Å²) in [7, 11) is 1.61. The molecule has 194 valence electrons. The normalized spacial score (nSPS) is 19.2. The van der Waals surface area contributed by atoms with E-state index in [4.69, 9.17) is 21.7 Å². The first-order valence-corrected chi connectivity index (χ1v) is 13.3. The molecule has 2 aliphatic heterocycles. The van der Waals surface area contributed by atoms with E-state index in [1.165, 1.54) is 11.8 Å². The molecule has 1 unspecified atom stereocenters. The molecule has 1 amide bonds.